The highest BCUT2D eigenvalue weighted by Crippen LogP contribution is 2.20. The van der Waals surface area contributed by atoms with Gasteiger partial charge in [0, 0.05) is 12.7 Å². The van der Waals surface area contributed by atoms with Crippen LogP contribution in [0.1, 0.15) is 22.0 Å². The van der Waals surface area contributed by atoms with Crippen LogP contribution in [0.2, 0.25) is 0 Å². The largest absolute Gasteiger partial charge is 0.387 e. The summed E-state index contributed by atoms with van der Waals surface area (Å²) in [5.74, 6) is -0.299. The van der Waals surface area contributed by atoms with Gasteiger partial charge in [0.15, 0.2) is 0 Å². The van der Waals surface area contributed by atoms with Crippen molar-refractivity contribution in [3.8, 4) is 0 Å². The van der Waals surface area contributed by atoms with E-state index in [9.17, 15) is 9.90 Å². The molecule has 3 rings (SSSR count). The molecule has 3 aromatic rings. The van der Waals surface area contributed by atoms with Gasteiger partial charge in [-0.1, -0.05) is 48.6 Å². The van der Waals surface area contributed by atoms with E-state index in [1.165, 1.54) is 0 Å². The molecular formula is C18H16N2O2S. The molecule has 0 aliphatic heterocycles. The van der Waals surface area contributed by atoms with Crippen molar-refractivity contribution in [3.63, 3.8) is 0 Å². The van der Waals surface area contributed by atoms with Crippen molar-refractivity contribution in [3.05, 3.63) is 76.6 Å². The minimum Gasteiger partial charge on any atom is -0.387 e. The molecule has 3 N–H and O–H groups in total. The SMILES string of the molecule is O=C(NC[C@H](O)c1ccc2ccccc2c1)c1ccc[nH]c1=S. The maximum absolute atomic E-state index is 12.1. The number of hydrogen-bond acceptors (Lipinski definition) is 3. The first-order valence-corrected chi connectivity index (χ1v) is 7.68. The highest BCUT2D eigenvalue weighted by molar-refractivity contribution is 7.71. The van der Waals surface area contributed by atoms with Crippen LogP contribution in [0.4, 0.5) is 0 Å². The molecule has 0 fully saturated rings. The molecule has 0 unspecified atom stereocenters. The van der Waals surface area contributed by atoms with Gasteiger partial charge in [0.2, 0.25) is 0 Å². The lowest BCUT2D eigenvalue weighted by atomic mass is 10.0. The van der Waals surface area contributed by atoms with Gasteiger partial charge in [-0.05, 0) is 34.5 Å². The number of amides is 1. The molecule has 1 atom stereocenters. The second-order valence-corrected chi connectivity index (χ2v) is 5.65. The first-order valence-electron chi connectivity index (χ1n) is 7.28. The summed E-state index contributed by atoms with van der Waals surface area (Å²) in [6, 6.07) is 17.1. The summed E-state index contributed by atoms with van der Waals surface area (Å²) in [5, 5.41) is 15.2. The van der Waals surface area contributed by atoms with E-state index < -0.39 is 6.10 Å². The first kappa shape index (κ1) is 15.4. The molecule has 1 amide bonds. The minimum atomic E-state index is -0.773. The topological polar surface area (TPSA) is 65.1 Å². The fourth-order valence-electron chi connectivity index (χ4n) is 2.42. The average Bonchev–Trinajstić information content (AvgIpc) is 2.59. The van der Waals surface area contributed by atoms with Crippen molar-refractivity contribution >= 4 is 28.9 Å². The molecule has 5 heteroatoms. The van der Waals surface area contributed by atoms with E-state index in [1.807, 2.05) is 42.5 Å². The van der Waals surface area contributed by atoms with Crippen molar-refractivity contribution in [2.45, 2.75) is 6.10 Å². The molecule has 0 aliphatic rings. The third-order valence-corrected chi connectivity index (χ3v) is 4.01. The van der Waals surface area contributed by atoms with E-state index in [0.29, 0.717) is 10.2 Å². The summed E-state index contributed by atoms with van der Waals surface area (Å²) < 4.78 is 0.380. The van der Waals surface area contributed by atoms with Gasteiger partial charge in [-0.15, -0.1) is 0 Å². The molecule has 4 nitrogen and oxygen atoms in total. The first-order chi connectivity index (χ1) is 11.1. The minimum absolute atomic E-state index is 0.126. The molecule has 0 aliphatic carbocycles. The number of nitrogens with one attached hydrogen (secondary N) is 2. The van der Waals surface area contributed by atoms with E-state index in [4.69, 9.17) is 12.2 Å². The van der Waals surface area contributed by atoms with Crippen LogP contribution in [0.3, 0.4) is 0 Å². The maximum Gasteiger partial charge on any atom is 0.254 e. The smallest absolute Gasteiger partial charge is 0.254 e. The molecule has 0 radical (unpaired) electrons. The van der Waals surface area contributed by atoms with Gasteiger partial charge in [-0.25, -0.2) is 0 Å². The molecule has 23 heavy (non-hydrogen) atoms. The third-order valence-electron chi connectivity index (χ3n) is 3.68. The fraction of sp³-hybridized carbons (Fsp3) is 0.111. The van der Waals surface area contributed by atoms with Crippen LogP contribution in [-0.2, 0) is 0 Å². The summed E-state index contributed by atoms with van der Waals surface area (Å²) in [4.78, 5) is 14.9. The number of fused-ring (bicyclic) bond motifs is 1. The van der Waals surface area contributed by atoms with Crippen molar-refractivity contribution < 1.29 is 9.90 Å². The van der Waals surface area contributed by atoms with Gasteiger partial charge in [0.05, 0.1) is 11.7 Å². The summed E-state index contributed by atoms with van der Waals surface area (Å²) in [7, 11) is 0. The standard InChI is InChI=1S/C18H16N2O2S/c21-16(11-20-17(22)15-6-3-9-19-18(15)23)14-8-7-12-4-1-2-5-13(12)10-14/h1-10,16,21H,11H2,(H,19,23)(H,20,22)/t16-/m0/s1. The number of carbonyl (C=O) groups is 1. The van der Waals surface area contributed by atoms with E-state index >= 15 is 0 Å². The molecular weight excluding hydrogens is 308 g/mol. The van der Waals surface area contributed by atoms with Crippen LogP contribution >= 0.6 is 12.2 Å². The van der Waals surface area contributed by atoms with E-state index in [0.717, 1.165) is 16.3 Å². The Hall–Kier alpha value is -2.50. The van der Waals surface area contributed by atoms with Crippen molar-refractivity contribution in [2.24, 2.45) is 0 Å². The second-order valence-electron chi connectivity index (χ2n) is 5.25. The molecule has 1 aromatic heterocycles. The number of hydrogen-bond donors (Lipinski definition) is 3. The van der Waals surface area contributed by atoms with Gasteiger partial charge in [0.25, 0.3) is 5.91 Å². The zero-order valence-electron chi connectivity index (χ0n) is 12.3. The molecule has 0 saturated heterocycles. The van der Waals surface area contributed by atoms with Crippen LogP contribution in [0.15, 0.2) is 60.8 Å². The third kappa shape index (κ3) is 3.47. The predicted molar refractivity (Wildman–Crippen MR) is 92.9 cm³/mol. The van der Waals surface area contributed by atoms with Gasteiger partial charge in [-0.3, -0.25) is 4.79 Å². The summed E-state index contributed by atoms with van der Waals surface area (Å²) >= 11 is 5.08. The highest BCUT2D eigenvalue weighted by atomic mass is 32.1. The molecule has 2 aromatic carbocycles. The number of carbonyl (C=O) groups excluding carboxylic acids is 1. The number of aromatic amines is 1. The highest BCUT2D eigenvalue weighted by Gasteiger charge is 2.12. The molecule has 116 valence electrons. The van der Waals surface area contributed by atoms with Gasteiger partial charge in [-0.2, -0.15) is 0 Å². The number of pyridine rings is 1. The number of aliphatic hydroxyl groups excluding tert-OH is 1. The van der Waals surface area contributed by atoms with Crippen molar-refractivity contribution in [1.29, 1.82) is 0 Å². The Kier molecular flexibility index (Phi) is 4.50. The Bertz CT molecular complexity index is 904. The zero-order valence-corrected chi connectivity index (χ0v) is 13.1. The average molecular weight is 324 g/mol. The Morgan fingerprint density at radius 2 is 1.91 bits per heavy atom. The van der Waals surface area contributed by atoms with Crippen LogP contribution < -0.4 is 5.32 Å². The van der Waals surface area contributed by atoms with Crippen LogP contribution in [-0.4, -0.2) is 22.5 Å². The monoisotopic (exact) mass is 324 g/mol. The quantitative estimate of drug-likeness (QED) is 0.645. The molecule has 0 bridgehead atoms. The predicted octanol–water partition coefficient (Wildman–Crippen LogP) is 3.36. The Morgan fingerprint density at radius 1 is 1.13 bits per heavy atom. The maximum atomic E-state index is 12.1. The molecule has 1 heterocycles. The van der Waals surface area contributed by atoms with E-state index in [2.05, 4.69) is 10.3 Å². The lowest BCUT2D eigenvalue weighted by Crippen LogP contribution is -2.28. The zero-order chi connectivity index (χ0) is 16.2. The number of H-pyrrole nitrogens is 1. The second kappa shape index (κ2) is 6.73. The summed E-state index contributed by atoms with van der Waals surface area (Å²) in [5.41, 5.74) is 1.16. The fourth-order valence-corrected chi connectivity index (χ4v) is 2.65. The Balaban J connectivity index is 1.71. The Labute approximate surface area is 138 Å². The van der Waals surface area contributed by atoms with Crippen molar-refractivity contribution in [2.75, 3.05) is 6.54 Å². The molecule has 0 saturated carbocycles. The van der Waals surface area contributed by atoms with Crippen LogP contribution in [0.25, 0.3) is 10.8 Å². The van der Waals surface area contributed by atoms with Gasteiger partial charge < -0.3 is 15.4 Å². The summed E-state index contributed by atoms with van der Waals surface area (Å²) in [6.45, 7) is 0.126. The molecule has 0 spiro atoms. The lowest BCUT2D eigenvalue weighted by Gasteiger charge is -2.13. The Morgan fingerprint density at radius 3 is 2.70 bits per heavy atom. The normalized spacial score (nSPS) is 12.0. The summed E-state index contributed by atoms with van der Waals surface area (Å²) in [6.07, 6.45) is 0.896. The number of rotatable bonds is 4. The van der Waals surface area contributed by atoms with Gasteiger partial charge >= 0.3 is 0 Å². The van der Waals surface area contributed by atoms with E-state index in [1.54, 1.807) is 18.3 Å². The number of benzene rings is 2. The van der Waals surface area contributed by atoms with E-state index in [-0.39, 0.29) is 12.5 Å². The lowest BCUT2D eigenvalue weighted by molar-refractivity contribution is 0.0915. The van der Waals surface area contributed by atoms with Gasteiger partial charge in [0.1, 0.15) is 4.64 Å². The number of aliphatic hydroxyl groups is 1. The van der Waals surface area contributed by atoms with Crippen LogP contribution in [0.5, 0.6) is 0 Å². The van der Waals surface area contributed by atoms with Crippen molar-refractivity contribution in [1.82, 2.24) is 10.3 Å². The van der Waals surface area contributed by atoms with Crippen LogP contribution in [0, 0.1) is 4.64 Å². The number of aromatic nitrogens is 1.